The summed E-state index contributed by atoms with van der Waals surface area (Å²) in [4.78, 5) is 5.10. The Hall–Kier alpha value is -1.10. The number of rotatable bonds is 6. The lowest BCUT2D eigenvalue weighted by molar-refractivity contribution is 0.117. The third-order valence-electron chi connectivity index (χ3n) is 4.06. The largest absolute Gasteiger partial charge is 0.496 e. The number of hydrogen-bond acceptors (Lipinski definition) is 4. The van der Waals surface area contributed by atoms with Crippen molar-refractivity contribution in [3.8, 4) is 5.75 Å². The Balaban J connectivity index is 1.88. The molecule has 1 aliphatic rings. The number of methoxy groups -OCH3 is 1. The normalized spacial score (nSPS) is 17.4. The second-order valence-electron chi connectivity index (χ2n) is 6.32. The van der Waals surface area contributed by atoms with E-state index in [4.69, 9.17) is 10.5 Å². The highest BCUT2D eigenvalue weighted by atomic mass is 16.5. The summed E-state index contributed by atoms with van der Waals surface area (Å²) < 4.78 is 5.33. The average molecular weight is 291 g/mol. The number of nitrogens with zero attached hydrogens (tertiary/aromatic N) is 2. The Morgan fingerprint density at radius 1 is 1.14 bits per heavy atom. The van der Waals surface area contributed by atoms with E-state index in [1.165, 1.54) is 25.2 Å². The van der Waals surface area contributed by atoms with Crippen LogP contribution in [0.15, 0.2) is 18.2 Å². The zero-order valence-corrected chi connectivity index (χ0v) is 13.6. The fraction of sp³-hybridized carbons (Fsp3) is 0.647. The smallest absolute Gasteiger partial charge is 0.123 e. The second-order valence-corrected chi connectivity index (χ2v) is 6.32. The van der Waals surface area contributed by atoms with Crippen molar-refractivity contribution in [3.63, 3.8) is 0 Å². The molecule has 0 aliphatic carbocycles. The van der Waals surface area contributed by atoms with Crippen molar-refractivity contribution in [2.45, 2.75) is 26.9 Å². The maximum atomic E-state index is 5.79. The summed E-state index contributed by atoms with van der Waals surface area (Å²) in [6, 6.07) is 6.37. The first kappa shape index (κ1) is 16.3. The van der Waals surface area contributed by atoms with Crippen LogP contribution in [0.1, 0.15) is 25.0 Å². The van der Waals surface area contributed by atoms with E-state index in [-0.39, 0.29) is 0 Å². The number of nitrogens with two attached hydrogens (primary N) is 1. The summed E-state index contributed by atoms with van der Waals surface area (Å²) in [6.07, 6.45) is 0. The molecule has 0 bridgehead atoms. The quantitative estimate of drug-likeness (QED) is 0.869. The molecule has 0 amide bonds. The van der Waals surface area contributed by atoms with Crippen LogP contribution < -0.4 is 10.5 Å². The SMILES string of the molecule is COc1ccc(CN2CCN(CC(C)C)CC2)cc1CN. The minimum atomic E-state index is 0.527. The van der Waals surface area contributed by atoms with E-state index >= 15 is 0 Å². The molecule has 21 heavy (non-hydrogen) atoms. The predicted octanol–water partition coefficient (Wildman–Crippen LogP) is 1.93. The van der Waals surface area contributed by atoms with Gasteiger partial charge < -0.3 is 15.4 Å². The molecule has 0 atom stereocenters. The van der Waals surface area contributed by atoms with Crippen molar-refractivity contribution in [3.05, 3.63) is 29.3 Å². The van der Waals surface area contributed by atoms with Crippen molar-refractivity contribution >= 4 is 0 Å². The molecule has 1 fully saturated rings. The van der Waals surface area contributed by atoms with Crippen molar-refractivity contribution in [2.24, 2.45) is 11.7 Å². The molecule has 0 unspecified atom stereocenters. The van der Waals surface area contributed by atoms with Gasteiger partial charge in [0.25, 0.3) is 0 Å². The Morgan fingerprint density at radius 3 is 2.38 bits per heavy atom. The van der Waals surface area contributed by atoms with Crippen LogP contribution in [-0.4, -0.2) is 49.6 Å². The zero-order valence-electron chi connectivity index (χ0n) is 13.6. The van der Waals surface area contributed by atoms with Crippen molar-refractivity contribution in [1.29, 1.82) is 0 Å². The van der Waals surface area contributed by atoms with Crippen LogP contribution in [0.4, 0.5) is 0 Å². The second kappa shape index (κ2) is 7.78. The van der Waals surface area contributed by atoms with Crippen LogP contribution in [0.5, 0.6) is 5.75 Å². The highest BCUT2D eigenvalue weighted by molar-refractivity contribution is 5.37. The molecule has 0 saturated carbocycles. The monoisotopic (exact) mass is 291 g/mol. The van der Waals surface area contributed by atoms with Gasteiger partial charge in [0.1, 0.15) is 5.75 Å². The molecule has 4 heteroatoms. The first-order chi connectivity index (χ1) is 10.1. The van der Waals surface area contributed by atoms with E-state index in [0.717, 1.165) is 36.9 Å². The zero-order chi connectivity index (χ0) is 15.2. The topological polar surface area (TPSA) is 41.7 Å². The summed E-state index contributed by atoms with van der Waals surface area (Å²) in [6.45, 7) is 12.0. The third kappa shape index (κ3) is 4.70. The molecule has 4 nitrogen and oxygen atoms in total. The number of ether oxygens (including phenoxy) is 1. The molecule has 2 rings (SSSR count). The summed E-state index contributed by atoms with van der Waals surface area (Å²) in [5.74, 6) is 1.65. The lowest BCUT2D eigenvalue weighted by atomic mass is 10.1. The summed E-state index contributed by atoms with van der Waals surface area (Å²) in [5, 5.41) is 0. The van der Waals surface area contributed by atoms with Gasteiger partial charge in [-0.05, 0) is 23.6 Å². The van der Waals surface area contributed by atoms with Gasteiger partial charge in [-0.3, -0.25) is 4.90 Å². The van der Waals surface area contributed by atoms with E-state index in [0.29, 0.717) is 6.54 Å². The van der Waals surface area contributed by atoms with Crippen LogP contribution >= 0.6 is 0 Å². The van der Waals surface area contributed by atoms with Crippen LogP contribution in [0.3, 0.4) is 0 Å². The van der Waals surface area contributed by atoms with Gasteiger partial charge in [0.15, 0.2) is 0 Å². The molecular formula is C17H29N3O. The third-order valence-corrected chi connectivity index (χ3v) is 4.06. The molecule has 1 aromatic rings. The van der Waals surface area contributed by atoms with Gasteiger partial charge in [0, 0.05) is 51.4 Å². The van der Waals surface area contributed by atoms with Gasteiger partial charge in [-0.15, -0.1) is 0 Å². The van der Waals surface area contributed by atoms with Gasteiger partial charge in [-0.2, -0.15) is 0 Å². The molecule has 0 aromatic heterocycles. The minimum absolute atomic E-state index is 0.527. The van der Waals surface area contributed by atoms with E-state index in [1.807, 2.05) is 6.07 Å². The van der Waals surface area contributed by atoms with Gasteiger partial charge in [0.05, 0.1) is 7.11 Å². The van der Waals surface area contributed by atoms with Crippen molar-refractivity contribution < 1.29 is 4.74 Å². The fourth-order valence-electron chi connectivity index (χ4n) is 2.99. The van der Waals surface area contributed by atoms with E-state index < -0.39 is 0 Å². The molecule has 1 aliphatic heterocycles. The van der Waals surface area contributed by atoms with Crippen LogP contribution in [0.2, 0.25) is 0 Å². The maximum Gasteiger partial charge on any atom is 0.123 e. The first-order valence-corrected chi connectivity index (χ1v) is 7.93. The van der Waals surface area contributed by atoms with E-state index in [2.05, 4.69) is 35.8 Å². The average Bonchev–Trinajstić information content (AvgIpc) is 2.48. The van der Waals surface area contributed by atoms with Gasteiger partial charge in [0.2, 0.25) is 0 Å². The summed E-state index contributed by atoms with van der Waals surface area (Å²) in [5.41, 5.74) is 8.21. The highest BCUT2D eigenvalue weighted by Gasteiger charge is 2.17. The number of piperazine rings is 1. The van der Waals surface area contributed by atoms with Gasteiger partial charge in [-0.1, -0.05) is 19.9 Å². The Morgan fingerprint density at radius 2 is 1.81 bits per heavy atom. The standard InChI is InChI=1S/C17H29N3O/c1-14(2)12-19-6-8-20(9-7-19)13-15-4-5-17(21-3)16(10-15)11-18/h4-5,10,14H,6-9,11-13,18H2,1-3H3. The lowest BCUT2D eigenvalue weighted by Crippen LogP contribution is -2.46. The van der Waals surface area contributed by atoms with Crippen LogP contribution in [0.25, 0.3) is 0 Å². The number of hydrogen-bond donors (Lipinski definition) is 1. The predicted molar refractivity (Wildman–Crippen MR) is 87.4 cm³/mol. The Labute approximate surface area is 128 Å². The Bertz CT molecular complexity index is 440. The lowest BCUT2D eigenvalue weighted by Gasteiger charge is -2.35. The van der Waals surface area contributed by atoms with Crippen molar-refractivity contribution in [2.75, 3.05) is 39.8 Å². The number of benzene rings is 1. The highest BCUT2D eigenvalue weighted by Crippen LogP contribution is 2.20. The molecule has 0 radical (unpaired) electrons. The Kier molecular flexibility index (Phi) is 6.03. The summed E-state index contributed by atoms with van der Waals surface area (Å²) in [7, 11) is 1.70. The van der Waals surface area contributed by atoms with E-state index in [9.17, 15) is 0 Å². The van der Waals surface area contributed by atoms with Crippen molar-refractivity contribution in [1.82, 2.24) is 9.80 Å². The fourth-order valence-corrected chi connectivity index (χ4v) is 2.99. The molecule has 1 saturated heterocycles. The summed E-state index contributed by atoms with van der Waals surface area (Å²) >= 11 is 0. The molecule has 2 N–H and O–H groups in total. The van der Waals surface area contributed by atoms with E-state index in [1.54, 1.807) is 7.11 Å². The molecule has 118 valence electrons. The molecule has 1 heterocycles. The minimum Gasteiger partial charge on any atom is -0.496 e. The van der Waals surface area contributed by atoms with Crippen LogP contribution in [0, 0.1) is 5.92 Å². The first-order valence-electron chi connectivity index (χ1n) is 7.93. The van der Waals surface area contributed by atoms with Gasteiger partial charge >= 0.3 is 0 Å². The molecule has 1 aromatic carbocycles. The van der Waals surface area contributed by atoms with Crippen LogP contribution in [-0.2, 0) is 13.1 Å². The van der Waals surface area contributed by atoms with Gasteiger partial charge in [-0.25, -0.2) is 0 Å². The maximum absolute atomic E-state index is 5.79. The molecular weight excluding hydrogens is 262 g/mol. The molecule has 0 spiro atoms.